The molecule has 19 heavy (non-hydrogen) atoms. The van der Waals surface area contributed by atoms with Crippen LogP contribution in [-0.4, -0.2) is 18.0 Å². The molecule has 106 valence electrons. The van der Waals surface area contributed by atoms with Gasteiger partial charge in [0.2, 0.25) is 5.91 Å². The third-order valence-corrected chi connectivity index (χ3v) is 3.50. The summed E-state index contributed by atoms with van der Waals surface area (Å²) >= 11 is 3.41. The number of amides is 1. The van der Waals surface area contributed by atoms with Gasteiger partial charge >= 0.3 is 0 Å². The monoisotopic (exact) mass is 326 g/mol. The molecule has 0 saturated heterocycles. The molecule has 0 fully saturated rings. The standard InChI is InChI=1S/C15H23BrN2O/c1-11(2)9-15(3,10-17)18-14(19)8-12-5-4-6-13(16)7-12/h4-7,11H,8-10,17H2,1-3H3,(H,18,19). The van der Waals surface area contributed by atoms with Crippen LogP contribution in [0.15, 0.2) is 28.7 Å². The van der Waals surface area contributed by atoms with Crippen LogP contribution >= 0.6 is 15.9 Å². The van der Waals surface area contributed by atoms with Gasteiger partial charge in [-0.25, -0.2) is 0 Å². The molecule has 0 aliphatic carbocycles. The van der Waals surface area contributed by atoms with E-state index in [-0.39, 0.29) is 11.4 Å². The fraction of sp³-hybridized carbons (Fsp3) is 0.533. The summed E-state index contributed by atoms with van der Waals surface area (Å²) in [6, 6.07) is 7.79. The average Bonchev–Trinajstić information content (AvgIpc) is 2.27. The minimum absolute atomic E-state index is 0.0201. The highest BCUT2D eigenvalue weighted by Crippen LogP contribution is 2.16. The van der Waals surface area contributed by atoms with Crippen LogP contribution in [0.4, 0.5) is 0 Å². The molecule has 3 nitrogen and oxygen atoms in total. The maximum Gasteiger partial charge on any atom is 0.224 e. The molecule has 0 saturated carbocycles. The van der Waals surface area contributed by atoms with Crippen molar-refractivity contribution in [2.45, 2.75) is 39.2 Å². The molecule has 1 atom stereocenters. The Balaban J connectivity index is 2.63. The minimum Gasteiger partial charge on any atom is -0.349 e. The molecule has 0 aromatic heterocycles. The normalized spacial score (nSPS) is 14.2. The fourth-order valence-electron chi connectivity index (χ4n) is 2.30. The summed E-state index contributed by atoms with van der Waals surface area (Å²) in [5.41, 5.74) is 6.47. The molecule has 1 amide bonds. The minimum atomic E-state index is -0.322. The van der Waals surface area contributed by atoms with E-state index in [4.69, 9.17) is 5.73 Å². The van der Waals surface area contributed by atoms with Crippen molar-refractivity contribution in [1.29, 1.82) is 0 Å². The summed E-state index contributed by atoms with van der Waals surface area (Å²) in [6.45, 7) is 6.73. The Morgan fingerprint density at radius 1 is 1.47 bits per heavy atom. The molecule has 1 aromatic carbocycles. The largest absolute Gasteiger partial charge is 0.349 e. The summed E-state index contributed by atoms with van der Waals surface area (Å²) in [6.07, 6.45) is 1.26. The summed E-state index contributed by atoms with van der Waals surface area (Å²) in [4.78, 5) is 12.1. The lowest BCUT2D eigenvalue weighted by Crippen LogP contribution is -2.52. The second-order valence-electron chi connectivity index (χ2n) is 5.72. The third kappa shape index (κ3) is 5.74. The van der Waals surface area contributed by atoms with E-state index in [1.807, 2.05) is 31.2 Å². The van der Waals surface area contributed by atoms with Gasteiger partial charge in [-0.05, 0) is 37.0 Å². The Morgan fingerprint density at radius 3 is 2.68 bits per heavy atom. The molecule has 1 unspecified atom stereocenters. The number of hydrogen-bond donors (Lipinski definition) is 2. The highest BCUT2D eigenvalue weighted by molar-refractivity contribution is 9.10. The SMILES string of the molecule is CC(C)CC(C)(CN)NC(=O)Cc1cccc(Br)c1. The van der Waals surface area contributed by atoms with Crippen molar-refractivity contribution in [3.05, 3.63) is 34.3 Å². The number of nitrogens with one attached hydrogen (secondary N) is 1. The number of nitrogens with two attached hydrogens (primary N) is 1. The van der Waals surface area contributed by atoms with Crippen LogP contribution in [0.25, 0.3) is 0 Å². The zero-order chi connectivity index (χ0) is 14.5. The molecule has 0 radical (unpaired) electrons. The topological polar surface area (TPSA) is 55.1 Å². The summed E-state index contributed by atoms with van der Waals surface area (Å²) < 4.78 is 0.988. The number of rotatable bonds is 6. The molecule has 1 aromatic rings. The van der Waals surface area contributed by atoms with Crippen LogP contribution < -0.4 is 11.1 Å². The Labute approximate surface area is 124 Å². The highest BCUT2D eigenvalue weighted by atomic mass is 79.9. The number of halogens is 1. The molecule has 0 aliphatic rings. The third-order valence-electron chi connectivity index (χ3n) is 3.00. The first kappa shape index (κ1) is 16.2. The van der Waals surface area contributed by atoms with E-state index in [1.165, 1.54) is 0 Å². The van der Waals surface area contributed by atoms with Crippen LogP contribution in [0.3, 0.4) is 0 Å². The van der Waals surface area contributed by atoms with Crippen molar-refractivity contribution in [3.63, 3.8) is 0 Å². The van der Waals surface area contributed by atoms with Crippen LogP contribution in [0.5, 0.6) is 0 Å². The Kier molecular flexibility index (Phi) is 6.01. The fourth-order valence-corrected chi connectivity index (χ4v) is 2.75. The summed E-state index contributed by atoms with van der Waals surface area (Å²) in [5, 5.41) is 3.06. The first-order chi connectivity index (χ1) is 8.84. The Morgan fingerprint density at radius 2 is 2.16 bits per heavy atom. The van der Waals surface area contributed by atoms with Crippen molar-refractivity contribution in [3.8, 4) is 0 Å². The molecule has 0 bridgehead atoms. The number of benzene rings is 1. The molecule has 1 rings (SSSR count). The number of carbonyl (C=O) groups is 1. The molecule has 3 N–H and O–H groups in total. The number of hydrogen-bond acceptors (Lipinski definition) is 2. The van der Waals surface area contributed by atoms with Crippen molar-refractivity contribution < 1.29 is 4.79 Å². The smallest absolute Gasteiger partial charge is 0.224 e. The molecular weight excluding hydrogens is 304 g/mol. The van der Waals surface area contributed by atoms with Gasteiger partial charge in [-0.3, -0.25) is 4.79 Å². The van der Waals surface area contributed by atoms with Gasteiger partial charge in [-0.15, -0.1) is 0 Å². The quantitative estimate of drug-likeness (QED) is 0.844. The Bertz CT molecular complexity index is 434. The van der Waals surface area contributed by atoms with E-state index in [2.05, 4.69) is 35.1 Å². The van der Waals surface area contributed by atoms with Gasteiger partial charge in [-0.1, -0.05) is 41.9 Å². The van der Waals surface area contributed by atoms with Crippen molar-refractivity contribution >= 4 is 21.8 Å². The molecule has 0 aliphatic heterocycles. The van der Waals surface area contributed by atoms with Gasteiger partial charge in [0, 0.05) is 16.6 Å². The predicted molar refractivity (Wildman–Crippen MR) is 82.9 cm³/mol. The average molecular weight is 327 g/mol. The Hall–Kier alpha value is -0.870. The van der Waals surface area contributed by atoms with Gasteiger partial charge in [0.25, 0.3) is 0 Å². The van der Waals surface area contributed by atoms with E-state index in [1.54, 1.807) is 0 Å². The zero-order valence-corrected chi connectivity index (χ0v) is 13.5. The maximum absolute atomic E-state index is 12.1. The lowest BCUT2D eigenvalue weighted by Gasteiger charge is -2.31. The maximum atomic E-state index is 12.1. The van der Waals surface area contributed by atoms with E-state index in [0.717, 1.165) is 16.5 Å². The van der Waals surface area contributed by atoms with Crippen LogP contribution in [-0.2, 0) is 11.2 Å². The van der Waals surface area contributed by atoms with Gasteiger partial charge < -0.3 is 11.1 Å². The van der Waals surface area contributed by atoms with E-state index >= 15 is 0 Å². The zero-order valence-electron chi connectivity index (χ0n) is 11.9. The van der Waals surface area contributed by atoms with E-state index < -0.39 is 0 Å². The molecule has 0 heterocycles. The van der Waals surface area contributed by atoms with Crippen molar-refractivity contribution in [2.24, 2.45) is 11.7 Å². The summed E-state index contributed by atoms with van der Waals surface area (Å²) in [7, 11) is 0. The second-order valence-corrected chi connectivity index (χ2v) is 6.63. The van der Waals surface area contributed by atoms with Crippen molar-refractivity contribution in [2.75, 3.05) is 6.54 Å². The van der Waals surface area contributed by atoms with Crippen LogP contribution in [0, 0.1) is 5.92 Å². The van der Waals surface area contributed by atoms with Gasteiger partial charge in [0.1, 0.15) is 0 Å². The van der Waals surface area contributed by atoms with E-state index in [9.17, 15) is 4.79 Å². The molecular formula is C15H23BrN2O. The summed E-state index contributed by atoms with van der Waals surface area (Å²) in [5.74, 6) is 0.520. The van der Waals surface area contributed by atoms with Crippen LogP contribution in [0.2, 0.25) is 0 Å². The molecule has 0 spiro atoms. The lowest BCUT2D eigenvalue weighted by molar-refractivity contribution is -0.122. The number of carbonyl (C=O) groups excluding carboxylic acids is 1. The predicted octanol–water partition coefficient (Wildman–Crippen LogP) is 2.87. The van der Waals surface area contributed by atoms with Gasteiger partial charge in [0.05, 0.1) is 6.42 Å². The highest BCUT2D eigenvalue weighted by Gasteiger charge is 2.25. The first-order valence-electron chi connectivity index (χ1n) is 6.60. The van der Waals surface area contributed by atoms with Gasteiger partial charge in [0.15, 0.2) is 0 Å². The van der Waals surface area contributed by atoms with Gasteiger partial charge in [-0.2, -0.15) is 0 Å². The van der Waals surface area contributed by atoms with Crippen LogP contribution in [0.1, 0.15) is 32.8 Å². The first-order valence-corrected chi connectivity index (χ1v) is 7.39. The van der Waals surface area contributed by atoms with E-state index in [0.29, 0.717) is 18.9 Å². The molecule has 4 heteroatoms. The lowest BCUT2D eigenvalue weighted by atomic mass is 9.90. The van der Waals surface area contributed by atoms with Crippen molar-refractivity contribution in [1.82, 2.24) is 5.32 Å². The second kappa shape index (κ2) is 7.06.